The number of methoxy groups -OCH3 is 1. The number of esters is 1. The van der Waals surface area contributed by atoms with Crippen LogP contribution in [0.1, 0.15) is 11.1 Å². The number of sulfonamides is 1. The van der Waals surface area contributed by atoms with E-state index >= 15 is 0 Å². The van der Waals surface area contributed by atoms with Gasteiger partial charge in [-0.05, 0) is 29.3 Å². The minimum absolute atomic E-state index is 0.173. The number of benzene rings is 2. The van der Waals surface area contributed by atoms with E-state index in [1.807, 2.05) is 30.3 Å². The van der Waals surface area contributed by atoms with Gasteiger partial charge in [0, 0.05) is 11.8 Å². The molecule has 26 heavy (non-hydrogen) atoms. The highest BCUT2D eigenvalue weighted by Gasteiger charge is 2.10. The van der Waals surface area contributed by atoms with Crippen LogP contribution >= 0.6 is 0 Å². The Morgan fingerprint density at radius 2 is 1.77 bits per heavy atom. The van der Waals surface area contributed by atoms with E-state index in [0.717, 1.165) is 22.3 Å². The molecule has 0 aliphatic rings. The lowest BCUT2D eigenvalue weighted by molar-refractivity contribution is -0.142. The molecule has 2 aromatic carbocycles. The molecule has 0 heterocycles. The maximum Gasteiger partial charge on any atom is 0.321 e. The van der Waals surface area contributed by atoms with Gasteiger partial charge < -0.3 is 9.47 Å². The molecule has 0 bridgehead atoms. The predicted molar refractivity (Wildman–Crippen MR) is 100 cm³/mol. The van der Waals surface area contributed by atoms with E-state index in [4.69, 9.17) is 9.47 Å². The largest absolute Gasteiger partial charge is 0.497 e. The van der Waals surface area contributed by atoms with Gasteiger partial charge in [-0.15, -0.1) is 0 Å². The molecular formula is C19H21NO5S. The van der Waals surface area contributed by atoms with E-state index in [0.29, 0.717) is 6.42 Å². The van der Waals surface area contributed by atoms with Gasteiger partial charge in [0.05, 0.1) is 13.7 Å². The molecule has 0 fully saturated rings. The predicted octanol–water partition coefficient (Wildman–Crippen LogP) is 2.37. The van der Waals surface area contributed by atoms with Crippen LogP contribution in [0.15, 0.2) is 60.0 Å². The summed E-state index contributed by atoms with van der Waals surface area (Å²) in [5.74, 6) is 0.124. The minimum atomic E-state index is -3.71. The van der Waals surface area contributed by atoms with E-state index in [2.05, 4.69) is 4.72 Å². The van der Waals surface area contributed by atoms with Crippen molar-refractivity contribution in [3.63, 3.8) is 0 Å². The van der Waals surface area contributed by atoms with E-state index in [-0.39, 0.29) is 6.61 Å². The van der Waals surface area contributed by atoms with E-state index in [1.165, 1.54) is 6.08 Å². The molecule has 0 unspecified atom stereocenters. The van der Waals surface area contributed by atoms with E-state index < -0.39 is 22.5 Å². The van der Waals surface area contributed by atoms with Gasteiger partial charge in [-0.3, -0.25) is 4.79 Å². The van der Waals surface area contributed by atoms with E-state index in [9.17, 15) is 13.2 Å². The molecule has 0 amide bonds. The summed E-state index contributed by atoms with van der Waals surface area (Å²) in [6, 6.07) is 16.4. The van der Waals surface area contributed by atoms with Crippen molar-refractivity contribution in [1.82, 2.24) is 4.72 Å². The Labute approximate surface area is 153 Å². The van der Waals surface area contributed by atoms with Gasteiger partial charge in [0.25, 0.3) is 0 Å². The molecule has 0 atom stereocenters. The number of carbonyl (C=O) groups is 1. The molecule has 6 nitrogen and oxygen atoms in total. The van der Waals surface area contributed by atoms with Gasteiger partial charge in [-0.25, -0.2) is 13.1 Å². The standard InChI is InChI=1S/C19H21NO5S/c1-24-18-9-7-17(8-10-18)11-13-25-19(21)15-20-26(22,23)14-12-16-5-3-2-4-6-16/h2-10,12,14,20H,11,13,15H2,1H3/b14-12+. The van der Waals surface area contributed by atoms with Crippen LogP contribution < -0.4 is 9.46 Å². The van der Waals surface area contributed by atoms with Crippen molar-refractivity contribution >= 4 is 22.1 Å². The highest BCUT2D eigenvalue weighted by molar-refractivity contribution is 7.92. The second-order valence-corrected chi connectivity index (χ2v) is 7.05. The van der Waals surface area contributed by atoms with E-state index in [1.54, 1.807) is 31.4 Å². The van der Waals surface area contributed by atoms with Gasteiger partial charge in [0.15, 0.2) is 0 Å². The zero-order chi connectivity index (χ0) is 18.8. The number of nitrogens with one attached hydrogen (secondary N) is 1. The number of hydrogen-bond donors (Lipinski definition) is 1. The van der Waals surface area contributed by atoms with Crippen LogP contribution in [0.5, 0.6) is 5.75 Å². The van der Waals surface area contributed by atoms with Crippen LogP contribution in [0.4, 0.5) is 0 Å². The lowest BCUT2D eigenvalue weighted by Crippen LogP contribution is -2.29. The maximum atomic E-state index is 11.8. The van der Waals surface area contributed by atoms with Crippen LogP contribution in [-0.4, -0.2) is 34.6 Å². The van der Waals surface area contributed by atoms with Crippen molar-refractivity contribution in [2.24, 2.45) is 0 Å². The van der Waals surface area contributed by atoms with Crippen molar-refractivity contribution in [3.8, 4) is 5.75 Å². The molecule has 0 saturated heterocycles. The number of carbonyl (C=O) groups excluding carboxylic acids is 1. The van der Waals surface area contributed by atoms with Gasteiger partial charge in [0.1, 0.15) is 12.3 Å². The molecule has 0 radical (unpaired) electrons. The van der Waals surface area contributed by atoms with Crippen molar-refractivity contribution < 1.29 is 22.7 Å². The molecule has 0 aromatic heterocycles. The molecule has 0 saturated carbocycles. The second kappa shape index (κ2) is 9.74. The van der Waals surface area contributed by atoms with Crippen molar-refractivity contribution in [2.45, 2.75) is 6.42 Å². The quantitative estimate of drug-likeness (QED) is 0.681. The fourth-order valence-electron chi connectivity index (χ4n) is 2.07. The van der Waals surface area contributed by atoms with Gasteiger partial charge in [0.2, 0.25) is 10.0 Å². The summed E-state index contributed by atoms with van der Waals surface area (Å²) >= 11 is 0. The first-order valence-corrected chi connectivity index (χ1v) is 9.54. The first-order chi connectivity index (χ1) is 12.5. The molecule has 0 spiro atoms. The minimum Gasteiger partial charge on any atom is -0.497 e. The molecule has 1 N–H and O–H groups in total. The second-order valence-electron chi connectivity index (χ2n) is 5.40. The van der Waals surface area contributed by atoms with Crippen LogP contribution in [-0.2, 0) is 26.0 Å². The van der Waals surface area contributed by atoms with Crippen LogP contribution in [0, 0.1) is 0 Å². The summed E-state index contributed by atoms with van der Waals surface area (Å²) in [6.45, 7) is -0.239. The average molecular weight is 375 g/mol. The maximum absolute atomic E-state index is 11.8. The summed E-state index contributed by atoms with van der Waals surface area (Å²) in [7, 11) is -2.11. The SMILES string of the molecule is COc1ccc(CCOC(=O)CNS(=O)(=O)/C=C/c2ccccc2)cc1. The number of hydrogen-bond acceptors (Lipinski definition) is 5. The van der Waals surface area contributed by atoms with Gasteiger partial charge in [-0.2, -0.15) is 0 Å². The zero-order valence-electron chi connectivity index (χ0n) is 14.4. The van der Waals surface area contributed by atoms with Crippen LogP contribution in [0.25, 0.3) is 6.08 Å². The highest BCUT2D eigenvalue weighted by atomic mass is 32.2. The molecule has 138 valence electrons. The highest BCUT2D eigenvalue weighted by Crippen LogP contribution is 2.11. The Bertz CT molecular complexity index is 830. The van der Waals surface area contributed by atoms with Crippen LogP contribution in [0.2, 0.25) is 0 Å². The normalized spacial score (nSPS) is 11.4. The molecule has 0 aliphatic heterocycles. The summed E-state index contributed by atoms with van der Waals surface area (Å²) < 4.78 is 36.0. The third-order valence-corrected chi connectivity index (χ3v) is 4.51. The molecule has 2 rings (SSSR count). The molecule has 0 aliphatic carbocycles. The number of ether oxygens (including phenoxy) is 2. The molecule has 2 aromatic rings. The third kappa shape index (κ3) is 7.08. The average Bonchev–Trinajstić information content (AvgIpc) is 2.66. The first-order valence-electron chi connectivity index (χ1n) is 8.00. The Kier molecular flexibility index (Phi) is 7.37. The van der Waals surface area contributed by atoms with Crippen LogP contribution in [0.3, 0.4) is 0 Å². The fraction of sp³-hybridized carbons (Fsp3) is 0.211. The lowest BCUT2D eigenvalue weighted by atomic mass is 10.1. The number of rotatable bonds is 9. The summed E-state index contributed by atoms with van der Waals surface area (Å²) in [4.78, 5) is 11.7. The third-order valence-electron chi connectivity index (χ3n) is 3.47. The Hall–Kier alpha value is -2.64. The monoisotopic (exact) mass is 375 g/mol. The Morgan fingerprint density at radius 3 is 2.42 bits per heavy atom. The lowest BCUT2D eigenvalue weighted by Gasteiger charge is -2.06. The Morgan fingerprint density at radius 1 is 1.08 bits per heavy atom. The Balaban J connectivity index is 1.72. The summed E-state index contributed by atoms with van der Waals surface area (Å²) in [6.07, 6.45) is 1.99. The fourth-order valence-corrected chi connectivity index (χ4v) is 2.82. The topological polar surface area (TPSA) is 81.7 Å². The van der Waals surface area contributed by atoms with Gasteiger partial charge >= 0.3 is 5.97 Å². The smallest absolute Gasteiger partial charge is 0.321 e. The summed E-state index contributed by atoms with van der Waals surface area (Å²) in [5, 5.41) is 1.02. The van der Waals surface area contributed by atoms with Gasteiger partial charge in [-0.1, -0.05) is 42.5 Å². The molecule has 7 heteroatoms. The summed E-state index contributed by atoms with van der Waals surface area (Å²) in [5.41, 5.74) is 1.74. The first kappa shape index (κ1) is 19.7. The molecular weight excluding hydrogens is 354 g/mol. The zero-order valence-corrected chi connectivity index (χ0v) is 15.2. The van der Waals surface area contributed by atoms with Crippen molar-refractivity contribution in [3.05, 3.63) is 71.1 Å². The van der Waals surface area contributed by atoms with Crippen molar-refractivity contribution in [1.29, 1.82) is 0 Å². The van der Waals surface area contributed by atoms with Crippen molar-refractivity contribution in [2.75, 3.05) is 20.3 Å².